The van der Waals surface area contributed by atoms with E-state index in [2.05, 4.69) is 20.3 Å². The predicted octanol–water partition coefficient (Wildman–Crippen LogP) is 3.31. The summed E-state index contributed by atoms with van der Waals surface area (Å²) in [4.78, 5) is 35.4. The van der Waals surface area contributed by atoms with Crippen LogP contribution in [0.1, 0.15) is 10.5 Å². The number of H-pyrrole nitrogens is 1. The average Bonchev–Trinajstić information content (AvgIpc) is 3.19. The van der Waals surface area contributed by atoms with Crippen LogP contribution in [0.4, 0.5) is 5.69 Å². The van der Waals surface area contributed by atoms with Crippen LogP contribution in [0.3, 0.4) is 0 Å². The van der Waals surface area contributed by atoms with Crippen LogP contribution < -0.4 is 15.6 Å². The molecular weight excluding hydrogens is 364 g/mol. The van der Waals surface area contributed by atoms with Gasteiger partial charge >= 0.3 is 0 Å². The lowest BCUT2D eigenvalue weighted by atomic mass is 10.2. The predicted molar refractivity (Wildman–Crippen MR) is 104 cm³/mol. The minimum Gasteiger partial charge on any atom is -0.496 e. The van der Waals surface area contributed by atoms with Gasteiger partial charge in [0, 0.05) is 11.1 Å². The van der Waals surface area contributed by atoms with Crippen molar-refractivity contribution in [2.24, 2.45) is 0 Å². The second-order valence-corrected chi connectivity index (χ2v) is 6.51. The summed E-state index contributed by atoms with van der Waals surface area (Å²) in [6.45, 7) is 0. The Balaban J connectivity index is 1.60. The number of thiazole rings is 1. The van der Waals surface area contributed by atoms with E-state index >= 15 is 0 Å². The van der Waals surface area contributed by atoms with Crippen LogP contribution >= 0.6 is 11.3 Å². The molecule has 0 aliphatic rings. The van der Waals surface area contributed by atoms with E-state index in [9.17, 15) is 9.59 Å². The fraction of sp³-hybridized carbons (Fsp3) is 0.0526. The van der Waals surface area contributed by atoms with E-state index in [1.165, 1.54) is 17.7 Å². The van der Waals surface area contributed by atoms with E-state index in [0.717, 1.165) is 5.56 Å². The van der Waals surface area contributed by atoms with Gasteiger partial charge in [-0.1, -0.05) is 12.1 Å². The first-order chi connectivity index (χ1) is 13.2. The number of hydrogen-bond acceptors (Lipinski definition) is 6. The number of aromatic nitrogens is 3. The van der Waals surface area contributed by atoms with Crippen molar-refractivity contribution in [2.75, 3.05) is 12.4 Å². The monoisotopic (exact) mass is 378 g/mol. The van der Waals surface area contributed by atoms with Gasteiger partial charge in [0.2, 0.25) is 0 Å². The van der Waals surface area contributed by atoms with Gasteiger partial charge in [-0.05, 0) is 30.3 Å². The largest absolute Gasteiger partial charge is 0.496 e. The standard InChI is InChI=1S/C19H14N4O3S/c1-26-16-5-3-2-4-12(16)19-23-15(9-27-19)18(25)22-11-6-7-14-13(8-11)17(24)21-10-20-14/h2-10H,1H3,(H,22,25)(H,20,21,24). The molecule has 0 saturated heterocycles. The number of rotatable bonds is 4. The second kappa shape index (κ2) is 7.00. The van der Waals surface area contributed by atoms with Crippen LogP contribution in [0.15, 0.2) is 59.0 Å². The highest BCUT2D eigenvalue weighted by Gasteiger charge is 2.15. The second-order valence-electron chi connectivity index (χ2n) is 5.66. The topological polar surface area (TPSA) is 97.0 Å². The molecule has 0 spiro atoms. The number of aromatic amines is 1. The van der Waals surface area contributed by atoms with E-state index < -0.39 is 0 Å². The zero-order valence-electron chi connectivity index (χ0n) is 14.2. The molecule has 2 aromatic carbocycles. The van der Waals surface area contributed by atoms with Crippen molar-refractivity contribution in [2.45, 2.75) is 0 Å². The van der Waals surface area contributed by atoms with Crippen LogP contribution in [-0.2, 0) is 0 Å². The zero-order valence-corrected chi connectivity index (χ0v) is 15.0. The summed E-state index contributed by atoms with van der Waals surface area (Å²) in [6.07, 6.45) is 1.34. The highest BCUT2D eigenvalue weighted by atomic mass is 32.1. The third kappa shape index (κ3) is 3.30. The molecule has 0 atom stereocenters. The first-order valence-corrected chi connectivity index (χ1v) is 8.91. The van der Waals surface area contributed by atoms with Gasteiger partial charge < -0.3 is 15.0 Å². The number of ether oxygens (including phenoxy) is 1. The van der Waals surface area contributed by atoms with Crippen molar-refractivity contribution in [3.05, 3.63) is 70.2 Å². The Kier molecular flexibility index (Phi) is 4.39. The molecule has 8 heteroatoms. The number of para-hydroxylation sites is 1. The summed E-state index contributed by atoms with van der Waals surface area (Å²) in [6, 6.07) is 12.5. The summed E-state index contributed by atoms with van der Waals surface area (Å²) >= 11 is 1.36. The molecule has 0 unspecified atom stereocenters. The number of amides is 1. The molecule has 27 heavy (non-hydrogen) atoms. The maximum Gasteiger partial charge on any atom is 0.275 e. The molecule has 134 valence electrons. The molecule has 0 saturated carbocycles. The van der Waals surface area contributed by atoms with Crippen LogP contribution in [0.5, 0.6) is 5.75 Å². The number of fused-ring (bicyclic) bond motifs is 1. The number of carbonyl (C=O) groups is 1. The normalized spacial score (nSPS) is 10.7. The van der Waals surface area contributed by atoms with Crippen molar-refractivity contribution in [1.29, 1.82) is 0 Å². The van der Waals surface area contributed by atoms with E-state index in [0.29, 0.717) is 33.0 Å². The molecule has 0 bridgehead atoms. The van der Waals surface area contributed by atoms with Crippen LogP contribution in [0.2, 0.25) is 0 Å². The molecular formula is C19H14N4O3S. The van der Waals surface area contributed by atoms with Crippen LogP contribution in [0.25, 0.3) is 21.5 Å². The Morgan fingerprint density at radius 1 is 1.22 bits per heavy atom. The summed E-state index contributed by atoms with van der Waals surface area (Å²) in [7, 11) is 1.59. The molecule has 2 N–H and O–H groups in total. The maximum absolute atomic E-state index is 12.5. The average molecular weight is 378 g/mol. The first-order valence-electron chi connectivity index (χ1n) is 8.03. The zero-order chi connectivity index (χ0) is 18.8. The smallest absolute Gasteiger partial charge is 0.275 e. The first kappa shape index (κ1) is 16.9. The molecule has 2 aromatic heterocycles. The summed E-state index contributed by atoms with van der Waals surface area (Å²) < 4.78 is 5.34. The summed E-state index contributed by atoms with van der Waals surface area (Å²) in [5.41, 5.74) is 1.92. The Morgan fingerprint density at radius 2 is 2.07 bits per heavy atom. The number of nitrogens with zero attached hydrogens (tertiary/aromatic N) is 2. The highest BCUT2D eigenvalue weighted by Crippen LogP contribution is 2.32. The summed E-state index contributed by atoms with van der Waals surface area (Å²) in [5.74, 6) is 0.340. The van der Waals surface area contributed by atoms with Crippen LogP contribution in [0, 0.1) is 0 Å². The van der Waals surface area contributed by atoms with Gasteiger partial charge in [0.25, 0.3) is 11.5 Å². The number of anilines is 1. The van der Waals surface area contributed by atoms with Crippen LogP contribution in [-0.4, -0.2) is 28.0 Å². The molecule has 0 fully saturated rings. The lowest BCUT2D eigenvalue weighted by Gasteiger charge is -2.05. The van der Waals surface area contributed by atoms with Gasteiger partial charge in [-0.25, -0.2) is 9.97 Å². The highest BCUT2D eigenvalue weighted by molar-refractivity contribution is 7.13. The fourth-order valence-corrected chi connectivity index (χ4v) is 3.49. The van der Waals surface area contributed by atoms with Crippen molar-refractivity contribution in [3.63, 3.8) is 0 Å². The number of benzene rings is 2. The van der Waals surface area contributed by atoms with Gasteiger partial charge in [0.05, 0.1) is 29.9 Å². The van der Waals surface area contributed by atoms with Gasteiger partial charge in [-0.15, -0.1) is 11.3 Å². The SMILES string of the molecule is COc1ccccc1-c1nc(C(=O)Nc2ccc3nc[nH]c(=O)c3c2)cs1. The lowest BCUT2D eigenvalue weighted by molar-refractivity contribution is 0.102. The number of carbonyl (C=O) groups excluding carboxylic acids is 1. The Morgan fingerprint density at radius 3 is 2.93 bits per heavy atom. The molecule has 0 aliphatic heterocycles. The van der Waals surface area contributed by atoms with Gasteiger partial charge in [0.1, 0.15) is 16.5 Å². The Labute approximate surface area is 157 Å². The van der Waals surface area contributed by atoms with Gasteiger partial charge in [0.15, 0.2) is 0 Å². The van der Waals surface area contributed by atoms with Crippen molar-refractivity contribution in [1.82, 2.24) is 15.0 Å². The minimum atomic E-state index is -0.355. The quantitative estimate of drug-likeness (QED) is 0.568. The fourth-order valence-electron chi connectivity index (χ4n) is 2.66. The third-order valence-electron chi connectivity index (χ3n) is 3.97. The number of nitrogens with one attached hydrogen (secondary N) is 2. The molecule has 4 aromatic rings. The van der Waals surface area contributed by atoms with Crippen molar-refractivity contribution >= 4 is 33.8 Å². The molecule has 7 nitrogen and oxygen atoms in total. The molecule has 0 radical (unpaired) electrons. The summed E-state index contributed by atoms with van der Waals surface area (Å²) in [5, 5.41) is 5.55. The third-order valence-corrected chi connectivity index (χ3v) is 4.85. The van der Waals surface area contributed by atoms with Crippen molar-refractivity contribution in [3.8, 4) is 16.3 Å². The minimum absolute atomic E-state index is 0.261. The molecule has 4 rings (SSSR count). The number of hydrogen-bond donors (Lipinski definition) is 2. The van der Waals surface area contributed by atoms with Gasteiger partial charge in [-0.3, -0.25) is 9.59 Å². The Hall–Kier alpha value is -3.52. The van der Waals surface area contributed by atoms with E-state index in [1.807, 2.05) is 24.3 Å². The molecule has 1 amide bonds. The lowest BCUT2D eigenvalue weighted by Crippen LogP contribution is -2.13. The Bertz CT molecular complexity index is 1200. The molecule has 2 heterocycles. The van der Waals surface area contributed by atoms with E-state index in [-0.39, 0.29) is 11.5 Å². The van der Waals surface area contributed by atoms with E-state index in [4.69, 9.17) is 4.74 Å². The van der Waals surface area contributed by atoms with Gasteiger partial charge in [-0.2, -0.15) is 0 Å². The van der Waals surface area contributed by atoms with Crippen molar-refractivity contribution < 1.29 is 9.53 Å². The van der Waals surface area contributed by atoms with E-state index in [1.54, 1.807) is 30.7 Å². The number of methoxy groups -OCH3 is 1. The molecule has 0 aliphatic carbocycles. The maximum atomic E-state index is 12.5.